The van der Waals surface area contributed by atoms with E-state index in [4.69, 9.17) is 4.74 Å². The van der Waals surface area contributed by atoms with Crippen molar-refractivity contribution in [3.63, 3.8) is 0 Å². The highest BCUT2D eigenvalue weighted by Crippen LogP contribution is 2.28. The van der Waals surface area contributed by atoms with E-state index in [-0.39, 0.29) is 11.8 Å². The van der Waals surface area contributed by atoms with Gasteiger partial charge in [-0.25, -0.2) is 8.42 Å². The number of hydrogen-bond acceptors (Lipinski definition) is 4. The van der Waals surface area contributed by atoms with Crippen molar-refractivity contribution in [1.29, 1.82) is 0 Å². The van der Waals surface area contributed by atoms with E-state index in [2.05, 4.69) is 10.0 Å². The molecule has 0 spiro atoms. The molecule has 0 saturated heterocycles. The maximum Gasteiger partial charge on any atom is 0.231 e. The van der Waals surface area contributed by atoms with Crippen LogP contribution in [0.5, 0.6) is 5.75 Å². The van der Waals surface area contributed by atoms with Crippen molar-refractivity contribution < 1.29 is 17.9 Å². The van der Waals surface area contributed by atoms with E-state index in [0.29, 0.717) is 24.4 Å². The lowest BCUT2D eigenvalue weighted by molar-refractivity contribution is -0.121. The molecule has 1 amide bonds. The lowest BCUT2D eigenvalue weighted by Gasteiger charge is -2.24. The molecule has 1 heterocycles. The Bertz CT molecular complexity index is 864. The van der Waals surface area contributed by atoms with Gasteiger partial charge in [-0.2, -0.15) is 0 Å². The molecule has 24 heavy (non-hydrogen) atoms. The van der Waals surface area contributed by atoms with Gasteiger partial charge in [-0.05, 0) is 30.2 Å². The first-order valence-electron chi connectivity index (χ1n) is 7.51. The van der Waals surface area contributed by atoms with Gasteiger partial charge in [0.15, 0.2) is 0 Å². The van der Waals surface area contributed by atoms with Gasteiger partial charge in [0.25, 0.3) is 0 Å². The van der Waals surface area contributed by atoms with Gasteiger partial charge in [0.05, 0.1) is 23.5 Å². The SMILES string of the molecule is CS(=O)(=O)Nc1ccccc1NC(=O)C1COc2ccccc2C1. The number of rotatable bonds is 4. The molecule has 1 atom stereocenters. The molecule has 126 valence electrons. The van der Waals surface area contributed by atoms with Crippen molar-refractivity contribution in [3.8, 4) is 5.75 Å². The summed E-state index contributed by atoms with van der Waals surface area (Å²) in [6, 6.07) is 14.3. The molecular formula is C17H18N2O4S. The molecule has 0 aliphatic carbocycles. The number of benzene rings is 2. The van der Waals surface area contributed by atoms with Gasteiger partial charge in [-0.3, -0.25) is 9.52 Å². The Balaban J connectivity index is 1.74. The first-order chi connectivity index (χ1) is 11.4. The monoisotopic (exact) mass is 346 g/mol. The number of anilines is 2. The molecule has 7 heteroatoms. The lowest BCUT2D eigenvalue weighted by Crippen LogP contribution is -2.32. The zero-order chi connectivity index (χ0) is 17.2. The average molecular weight is 346 g/mol. The first-order valence-corrected chi connectivity index (χ1v) is 9.40. The van der Waals surface area contributed by atoms with Gasteiger partial charge in [0.1, 0.15) is 12.4 Å². The highest BCUT2D eigenvalue weighted by atomic mass is 32.2. The minimum absolute atomic E-state index is 0.202. The Morgan fingerprint density at radius 3 is 2.50 bits per heavy atom. The highest BCUT2D eigenvalue weighted by Gasteiger charge is 2.26. The Hall–Kier alpha value is -2.54. The van der Waals surface area contributed by atoms with E-state index in [1.165, 1.54) is 0 Å². The Kier molecular flexibility index (Phi) is 4.44. The number of carbonyl (C=O) groups is 1. The summed E-state index contributed by atoms with van der Waals surface area (Å²) in [6.07, 6.45) is 1.65. The third-order valence-corrected chi connectivity index (χ3v) is 4.32. The van der Waals surface area contributed by atoms with E-state index in [1.807, 2.05) is 24.3 Å². The molecule has 2 aromatic rings. The number of para-hydroxylation sites is 3. The number of amides is 1. The van der Waals surface area contributed by atoms with Crippen LogP contribution in [-0.4, -0.2) is 27.2 Å². The van der Waals surface area contributed by atoms with Gasteiger partial charge >= 0.3 is 0 Å². The molecule has 2 N–H and O–H groups in total. The Morgan fingerprint density at radius 2 is 1.75 bits per heavy atom. The summed E-state index contributed by atoms with van der Waals surface area (Å²) in [7, 11) is -3.43. The van der Waals surface area contributed by atoms with Crippen LogP contribution in [0, 0.1) is 5.92 Å². The predicted molar refractivity (Wildman–Crippen MR) is 92.7 cm³/mol. The average Bonchev–Trinajstić information content (AvgIpc) is 2.55. The maximum absolute atomic E-state index is 12.5. The zero-order valence-corrected chi connectivity index (χ0v) is 14.0. The van der Waals surface area contributed by atoms with Gasteiger partial charge in [0, 0.05) is 0 Å². The lowest BCUT2D eigenvalue weighted by atomic mass is 9.96. The van der Waals surface area contributed by atoms with Crippen molar-refractivity contribution in [2.24, 2.45) is 5.92 Å². The van der Waals surface area contributed by atoms with E-state index < -0.39 is 10.0 Å². The Labute approximate surface area is 140 Å². The second-order valence-corrected chi connectivity index (χ2v) is 7.48. The van der Waals surface area contributed by atoms with Crippen molar-refractivity contribution in [3.05, 3.63) is 54.1 Å². The summed E-state index contributed by atoms with van der Waals surface area (Å²) in [5.74, 6) is 0.277. The van der Waals surface area contributed by atoms with Crippen LogP contribution in [0.25, 0.3) is 0 Å². The standard InChI is InChI=1S/C17H18N2O4S/c1-24(21,22)19-15-8-4-3-7-14(15)18-17(20)13-10-12-6-2-5-9-16(12)23-11-13/h2-9,13,19H,10-11H2,1H3,(H,18,20). The summed E-state index contributed by atoms with van der Waals surface area (Å²) in [4.78, 5) is 12.5. The molecule has 1 unspecified atom stereocenters. The Morgan fingerprint density at radius 1 is 1.08 bits per heavy atom. The van der Waals surface area contributed by atoms with E-state index in [1.54, 1.807) is 24.3 Å². The van der Waals surface area contributed by atoms with Crippen LogP contribution in [0.2, 0.25) is 0 Å². The molecular weight excluding hydrogens is 328 g/mol. The van der Waals surface area contributed by atoms with E-state index >= 15 is 0 Å². The summed E-state index contributed by atoms with van der Waals surface area (Å²) < 4.78 is 30.9. The minimum atomic E-state index is -3.43. The fourth-order valence-corrected chi connectivity index (χ4v) is 3.19. The summed E-state index contributed by atoms with van der Waals surface area (Å²) in [6.45, 7) is 0.296. The van der Waals surface area contributed by atoms with Crippen LogP contribution in [-0.2, 0) is 21.2 Å². The van der Waals surface area contributed by atoms with Crippen LogP contribution in [0.15, 0.2) is 48.5 Å². The van der Waals surface area contributed by atoms with Gasteiger partial charge in [-0.1, -0.05) is 30.3 Å². The third kappa shape index (κ3) is 3.86. The molecule has 0 aromatic heterocycles. The highest BCUT2D eigenvalue weighted by molar-refractivity contribution is 7.92. The van der Waals surface area contributed by atoms with E-state index in [0.717, 1.165) is 17.6 Å². The quantitative estimate of drug-likeness (QED) is 0.889. The fourth-order valence-electron chi connectivity index (χ4n) is 2.61. The zero-order valence-electron chi connectivity index (χ0n) is 13.2. The minimum Gasteiger partial charge on any atom is -0.492 e. The van der Waals surface area contributed by atoms with Crippen LogP contribution in [0.1, 0.15) is 5.56 Å². The molecule has 2 aromatic carbocycles. The summed E-state index contributed by atoms with van der Waals surface area (Å²) in [5.41, 5.74) is 1.75. The van der Waals surface area contributed by atoms with E-state index in [9.17, 15) is 13.2 Å². The van der Waals surface area contributed by atoms with Crippen LogP contribution < -0.4 is 14.8 Å². The second kappa shape index (κ2) is 6.52. The number of hydrogen-bond donors (Lipinski definition) is 2. The van der Waals surface area contributed by atoms with Crippen molar-refractivity contribution in [2.45, 2.75) is 6.42 Å². The van der Waals surface area contributed by atoms with Crippen LogP contribution >= 0.6 is 0 Å². The molecule has 0 radical (unpaired) electrons. The number of ether oxygens (including phenoxy) is 1. The number of sulfonamides is 1. The van der Waals surface area contributed by atoms with Crippen molar-refractivity contribution >= 4 is 27.3 Å². The van der Waals surface area contributed by atoms with Gasteiger partial charge in [0.2, 0.25) is 15.9 Å². The third-order valence-electron chi connectivity index (χ3n) is 3.73. The second-order valence-electron chi connectivity index (χ2n) is 5.73. The predicted octanol–water partition coefficient (Wildman–Crippen LogP) is 2.25. The molecule has 3 rings (SSSR count). The van der Waals surface area contributed by atoms with Crippen molar-refractivity contribution in [1.82, 2.24) is 0 Å². The molecule has 6 nitrogen and oxygen atoms in total. The number of nitrogens with one attached hydrogen (secondary N) is 2. The number of fused-ring (bicyclic) bond motifs is 1. The first kappa shape index (κ1) is 16.3. The van der Waals surface area contributed by atoms with Crippen LogP contribution in [0.3, 0.4) is 0 Å². The topological polar surface area (TPSA) is 84.5 Å². The van der Waals surface area contributed by atoms with Crippen molar-refractivity contribution in [2.75, 3.05) is 22.9 Å². The molecule has 1 aliphatic heterocycles. The molecule has 0 fully saturated rings. The van der Waals surface area contributed by atoms with Gasteiger partial charge < -0.3 is 10.1 Å². The molecule has 1 aliphatic rings. The number of carbonyl (C=O) groups excluding carboxylic acids is 1. The maximum atomic E-state index is 12.5. The summed E-state index contributed by atoms with van der Waals surface area (Å²) >= 11 is 0. The largest absolute Gasteiger partial charge is 0.492 e. The van der Waals surface area contributed by atoms with Gasteiger partial charge in [-0.15, -0.1) is 0 Å². The fraction of sp³-hybridized carbons (Fsp3) is 0.235. The van der Waals surface area contributed by atoms with Crippen LogP contribution in [0.4, 0.5) is 11.4 Å². The normalized spacial score (nSPS) is 16.6. The smallest absolute Gasteiger partial charge is 0.231 e. The molecule has 0 saturated carbocycles. The molecule has 0 bridgehead atoms. The summed E-state index contributed by atoms with van der Waals surface area (Å²) in [5, 5.41) is 2.79.